The number of hydrogen-bond donors (Lipinski definition) is 0. The van der Waals surface area contributed by atoms with Gasteiger partial charge in [-0.15, -0.1) is 11.3 Å². The first-order valence-electron chi connectivity index (χ1n) is 8.02. The lowest BCUT2D eigenvalue weighted by Crippen LogP contribution is -2.15. The fraction of sp³-hybridized carbons (Fsp3) is 0.444. The predicted octanol–water partition coefficient (Wildman–Crippen LogP) is 4.76. The van der Waals surface area contributed by atoms with Crippen molar-refractivity contribution in [3.05, 3.63) is 51.8 Å². The van der Waals surface area contributed by atoms with E-state index in [1.807, 2.05) is 10.7 Å². The first kappa shape index (κ1) is 16.7. The Morgan fingerprint density at radius 1 is 1.09 bits per heavy atom. The highest BCUT2D eigenvalue weighted by Gasteiger charge is 2.03. The highest BCUT2D eigenvalue weighted by molar-refractivity contribution is 7.07. The van der Waals surface area contributed by atoms with Crippen LogP contribution < -0.4 is 4.80 Å². The van der Waals surface area contributed by atoms with E-state index in [2.05, 4.69) is 50.4 Å². The van der Waals surface area contributed by atoms with Crippen LogP contribution in [0.5, 0.6) is 0 Å². The number of hydrogen-bond acceptors (Lipinski definition) is 3. The van der Waals surface area contributed by atoms with Gasteiger partial charge in [-0.05, 0) is 25.3 Å². The molecule has 0 aliphatic heterocycles. The first-order valence-corrected chi connectivity index (χ1v) is 8.90. The van der Waals surface area contributed by atoms with Crippen molar-refractivity contribution in [1.29, 1.82) is 0 Å². The summed E-state index contributed by atoms with van der Waals surface area (Å²) in [6, 6.07) is 10.4. The van der Waals surface area contributed by atoms with Gasteiger partial charge in [-0.25, -0.2) is 4.68 Å². The number of aryl methyl sites for hydroxylation is 1. The molecule has 1 heterocycles. The molecule has 22 heavy (non-hydrogen) atoms. The molecule has 3 nitrogen and oxygen atoms in total. The fourth-order valence-corrected chi connectivity index (χ4v) is 3.10. The zero-order chi connectivity index (χ0) is 15.8. The Kier molecular flexibility index (Phi) is 6.59. The third kappa shape index (κ3) is 4.67. The van der Waals surface area contributed by atoms with Gasteiger partial charge in [0.05, 0.1) is 12.2 Å². The molecule has 0 bridgehead atoms. The van der Waals surface area contributed by atoms with Crippen LogP contribution in [0.25, 0.3) is 0 Å². The van der Waals surface area contributed by atoms with Crippen LogP contribution in [0.4, 0.5) is 0 Å². The van der Waals surface area contributed by atoms with Crippen LogP contribution >= 0.6 is 11.3 Å². The van der Waals surface area contributed by atoms with E-state index in [4.69, 9.17) is 10.1 Å². The van der Waals surface area contributed by atoms with Gasteiger partial charge in [0.15, 0.2) is 0 Å². The van der Waals surface area contributed by atoms with E-state index in [1.54, 1.807) is 11.3 Å². The Morgan fingerprint density at radius 3 is 2.41 bits per heavy atom. The van der Waals surface area contributed by atoms with E-state index in [9.17, 15) is 0 Å². The van der Waals surface area contributed by atoms with Crippen LogP contribution in [0.1, 0.15) is 50.8 Å². The summed E-state index contributed by atoms with van der Waals surface area (Å²) in [5.41, 5.74) is 3.65. The molecule has 4 heteroatoms. The third-order valence-electron chi connectivity index (χ3n) is 3.41. The van der Waals surface area contributed by atoms with Crippen molar-refractivity contribution in [3.8, 4) is 0 Å². The Morgan fingerprint density at radius 2 is 1.77 bits per heavy atom. The van der Waals surface area contributed by atoms with Crippen molar-refractivity contribution in [2.24, 2.45) is 10.1 Å². The Labute approximate surface area is 137 Å². The number of aromatic nitrogens is 1. The number of benzene rings is 1. The molecule has 0 saturated heterocycles. The lowest BCUT2D eigenvalue weighted by atomic mass is 10.1. The lowest BCUT2D eigenvalue weighted by molar-refractivity contribution is 0.763. The molecular weight excluding hydrogens is 290 g/mol. The molecule has 2 rings (SSSR count). The Hall–Kier alpha value is -1.68. The molecule has 1 aromatic carbocycles. The molecule has 118 valence electrons. The molecule has 2 aromatic rings. The van der Waals surface area contributed by atoms with E-state index in [1.165, 1.54) is 11.3 Å². The monoisotopic (exact) mass is 315 g/mol. The Balaban J connectivity index is 2.28. The number of nitrogens with zero attached hydrogens (tertiary/aromatic N) is 3. The SMILES string of the molecule is CCCC(CCC)=Nn1c(C)csc1=NCc1ccccc1. The molecule has 0 radical (unpaired) electrons. The number of thiazole rings is 1. The standard InChI is InChI=1S/C18H25N3S/c1-4-9-17(10-5-2)20-21-15(3)14-22-18(21)19-13-16-11-7-6-8-12-16/h6-8,11-12,14H,4-5,9-10,13H2,1-3H3. The average molecular weight is 315 g/mol. The van der Waals surface area contributed by atoms with E-state index < -0.39 is 0 Å². The maximum absolute atomic E-state index is 4.86. The van der Waals surface area contributed by atoms with E-state index in [0.717, 1.165) is 36.2 Å². The first-order chi connectivity index (χ1) is 10.7. The summed E-state index contributed by atoms with van der Waals surface area (Å²) in [7, 11) is 0. The summed E-state index contributed by atoms with van der Waals surface area (Å²) in [6.07, 6.45) is 4.40. The third-order valence-corrected chi connectivity index (χ3v) is 4.38. The summed E-state index contributed by atoms with van der Waals surface area (Å²) in [5.74, 6) is 0. The van der Waals surface area contributed by atoms with Crippen molar-refractivity contribution in [3.63, 3.8) is 0 Å². The summed E-state index contributed by atoms with van der Waals surface area (Å²) < 4.78 is 2.01. The normalized spacial score (nSPS) is 11.7. The van der Waals surface area contributed by atoms with Gasteiger partial charge < -0.3 is 0 Å². The van der Waals surface area contributed by atoms with Gasteiger partial charge in [0.2, 0.25) is 4.80 Å². The zero-order valence-corrected chi connectivity index (χ0v) is 14.6. The smallest absolute Gasteiger partial charge is 0.206 e. The molecule has 0 fully saturated rings. The van der Waals surface area contributed by atoms with Crippen LogP contribution in [0.2, 0.25) is 0 Å². The molecule has 0 amide bonds. The van der Waals surface area contributed by atoms with Gasteiger partial charge in [0.25, 0.3) is 0 Å². The molecule has 1 aromatic heterocycles. The summed E-state index contributed by atoms with van der Waals surface area (Å²) in [5, 5.41) is 6.99. The van der Waals surface area contributed by atoms with Gasteiger partial charge in [-0.1, -0.05) is 57.0 Å². The van der Waals surface area contributed by atoms with Crippen LogP contribution in [0.3, 0.4) is 0 Å². The Bertz CT molecular complexity index is 657. The maximum atomic E-state index is 4.86. The van der Waals surface area contributed by atoms with E-state index in [-0.39, 0.29) is 0 Å². The van der Waals surface area contributed by atoms with Gasteiger partial charge in [0, 0.05) is 11.1 Å². The fourth-order valence-electron chi connectivity index (χ4n) is 2.30. The number of rotatable bonds is 7. The van der Waals surface area contributed by atoms with E-state index >= 15 is 0 Å². The lowest BCUT2D eigenvalue weighted by Gasteiger charge is -2.05. The summed E-state index contributed by atoms with van der Waals surface area (Å²) >= 11 is 1.66. The molecule has 0 atom stereocenters. The molecule has 0 saturated carbocycles. The predicted molar refractivity (Wildman–Crippen MR) is 95.4 cm³/mol. The van der Waals surface area contributed by atoms with Crippen molar-refractivity contribution < 1.29 is 0 Å². The minimum Gasteiger partial charge on any atom is -0.253 e. The topological polar surface area (TPSA) is 29.6 Å². The average Bonchev–Trinajstić information content (AvgIpc) is 2.87. The van der Waals surface area contributed by atoms with Gasteiger partial charge in [-0.2, -0.15) is 5.10 Å². The van der Waals surface area contributed by atoms with Crippen LogP contribution in [0.15, 0.2) is 45.8 Å². The molecule has 0 aliphatic carbocycles. The molecule has 0 aliphatic rings. The van der Waals surface area contributed by atoms with Gasteiger partial charge in [-0.3, -0.25) is 4.99 Å². The quantitative estimate of drug-likeness (QED) is 0.659. The molecule has 0 N–H and O–H groups in total. The zero-order valence-electron chi connectivity index (χ0n) is 13.7. The maximum Gasteiger partial charge on any atom is 0.206 e. The summed E-state index contributed by atoms with van der Waals surface area (Å²) in [4.78, 5) is 5.72. The van der Waals surface area contributed by atoms with Gasteiger partial charge >= 0.3 is 0 Å². The van der Waals surface area contributed by atoms with Crippen LogP contribution in [-0.2, 0) is 6.54 Å². The minimum absolute atomic E-state index is 0.702. The molecule has 0 spiro atoms. The molecular formula is C18H25N3S. The second-order valence-corrected chi connectivity index (χ2v) is 6.28. The van der Waals surface area contributed by atoms with Gasteiger partial charge in [0.1, 0.15) is 0 Å². The largest absolute Gasteiger partial charge is 0.253 e. The highest BCUT2D eigenvalue weighted by Crippen LogP contribution is 2.06. The second kappa shape index (κ2) is 8.69. The summed E-state index contributed by atoms with van der Waals surface area (Å²) in [6.45, 7) is 7.21. The van der Waals surface area contributed by atoms with E-state index in [0.29, 0.717) is 6.54 Å². The van der Waals surface area contributed by atoms with Crippen molar-refractivity contribution in [2.45, 2.75) is 53.0 Å². The van der Waals surface area contributed by atoms with Crippen LogP contribution in [-0.4, -0.2) is 10.4 Å². The highest BCUT2D eigenvalue weighted by atomic mass is 32.1. The second-order valence-electron chi connectivity index (χ2n) is 5.44. The van der Waals surface area contributed by atoms with Crippen molar-refractivity contribution >= 4 is 17.0 Å². The van der Waals surface area contributed by atoms with Crippen LogP contribution in [0, 0.1) is 6.92 Å². The van der Waals surface area contributed by atoms with Crippen molar-refractivity contribution in [1.82, 2.24) is 4.68 Å². The van der Waals surface area contributed by atoms with Crippen molar-refractivity contribution in [2.75, 3.05) is 0 Å². The minimum atomic E-state index is 0.702. The molecule has 0 unspecified atom stereocenters.